The molecule has 1 aliphatic carbocycles. The van der Waals surface area contributed by atoms with Gasteiger partial charge in [-0.1, -0.05) is 0 Å². The van der Waals surface area contributed by atoms with Crippen molar-refractivity contribution in [1.29, 1.82) is 0 Å². The summed E-state index contributed by atoms with van der Waals surface area (Å²) in [6.45, 7) is 2.15. The van der Waals surface area contributed by atoms with E-state index in [2.05, 4.69) is 5.32 Å². The van der Waals surface area contributed by atoms with Crippen LogP contribution in [0.5, 0.6) is 0 Å². The lowest BCUT2D eigenvalue weighted by atomic mass is 9.82. The molecular weight excluding hydrogens is 248 g/mol. The largest absolute Gasteiger partial charge is 0.393 e. The number of rotatable bonds is 6. The zero-order chi connectivity index (χ0) is 13.8. The number of carbonyl (C=O) groups excluding carboxylic acids is 2. The van der Waals surface area contributed by atoms with Gasteiger partial charge < -0.3 is 20.1 Å². The second-order valence-electron chi connectivity index (χ2n) is 5.47. The fourth-order valence-corrected chi connectivity index (χ4v) is 2.62. The number of hydrogen-bond acceptors (Lipinski definition) is 4. The van der Waals surface area contributed by atoms with E-state index in [9.17, 15) is 14.7 Å². The predicted octanol–water partition coefficient (Wildman–Crippen LogP) is -0.632. The molecular formula is C13H22N2O4. The van der Waals surface area contributed by atoms with Crippen molar-refractivity contribution in [2.24, 2.45) is 11.8 Å². The summed E-state index contributed by atoms with van der Waals surface area (Å²) in [4.78, 5) is 25.3. The maximum Gasteiger partial charge on any atom is 0.225 e. The standard InChI is InChI=1S/C13H22N2O4/c1-19-3-2-15-8-10(6-12(15)17)13(18)14-7-9-4-11(16)5-9/h9-11,16H,2-8H2,1H3,(H,14,18). The van der Waals surface area contributed by atoms with Crippen LogP contribution in [0.25, 0.3) is 0 Å². The van der Waals surface area contributed by atoms with Gasteiger partial charge in [-0.05, 0) is 18.8 Å². The van der Waals surface area contributed by atoms with Gasteiger partial charge in [-0.2, -0.15) is 0 Å². The number of aliphatic hydroxyl groups excluding tert-OH is 1. The molecule has 6 heteroatoms. The summed E-state index contributed by atoms with van der Waals surface area (Å²) in [5.74, 6) is 0.126. The lowest BCUT2D eigenvalue weighted by Crippen LogP contribution is -2.41. The van der Waals surface area contributed by atoms with Crippen LogP contribution in [0.1, 0.15) is 19.3 Å². The highest BCUT2D eigenvalue weighted by Crippen LogP contribution is 2.26. The fourth-order valence-electron chi connectivity index (χ4n) is 2.62. The Morgan fingerprint density at radius 3 is 2.89 bits per heavy atom. The highest BCUT2D eigenvalue weighted by molar-refractivity contribution is 5.89. The molecule has 0 aromatic carbocycles. The minimum atomic E-state index is -0.241. The van der Waals surface area contributed by atoms with Crippen LogP contribution in [0.2, 0.25) is 0 Å². The Kier molecular flexibility index (Phi) is 4.76. The molecule has 6 nitrogen and oxygen atoms in total. The average molecular weight is 270 g/mol. The topological polar surface area (TPSA) is 78.9 Å². The molecule has 0 aromatic heterocycles. The van der Waals surface area contributed by atoms with Crippen LogP contribution in [0.15, 0.2) is 0 Å². The van der Waals surface area contributed by atoms with Crippen LogP contribution in [0, 0.1) is 11.8 Å². The summed E-state index contributed by atoms with van der Waals surface area (Å²) in [5, 5.41) is 12.1. The zero-order valence-electron chi connectivity index (χ0n) is 11.3. The van der Waals surface area contributed by atoms with Crippen LogP contribution < -0.4 is 5.32 Å². The minimum absolute atomic E-state index is 0.0243. The Labute approximate surface area is 113 Å². The first kappa shape index (κ1) is 14.3. The quantitative estimate of drug-likeness (QED) is 0.673. The summed E-state index contributed by atoms with van der Waals surface area (Å²) in [7, 11) is 1.60. The molecule has 0 aromatic rings. The number of hydrogen-bond donors (Lipinski definition) is 2. The minimum Gasteiger partial charge on any atom is -0.393 e. The molecule has 1 atom stereocenters. The second kappa shape index (κ2) is 6.34. The van der Waals surface area contributed by atoms with Crippen molar-refractivity contribution in [2.75, 3.05) is 33.4 Å². The Bertz CT molecular complexity index is 342. The van der Waals surface area contributed by atoms with Gasteiger partial charge in [0, 0.05) is 33.2 Å². The molecule has 2 rings (SSSR count). The van der Waals surface area contributed by atoms with Gasteiger partial charge in [0.2, 0.25) is 11.8 Å². The van der Waals surface area contributed by atoms with Gasteiger partial charge >= 0.3 is 0 Å². The van der Waals surface area contributed by atoms with E-state index in [1.807, 2.05) is 0 Å². The highest BCUT2D eigenvalue weighted by atomic mass is 16.5. The maximum atomic E-state index is 12.0. The van der Waals surface area contributed by atoms with Crippen molar-refractivity contribution >= 4 is 11.8 Å². The predicted molar refractivity (Wildman–Crippen MR) is 68.3 cm³/mol. The van der Waals surface area contributed by atoms with Crippen LogP contribution in [0.3, 0.4) is 0 Å². The lowest BCUT2D eigenvalue weighted by Gasteiger charge is -2.31. The molecule has 2 aliphatic rings. The monoisotopic (exact) mass is 270 g/mol. The number of carbonyl (C=O) groups is 2. The third kappa shape index (κ3) is 3.67. The van der Waals surface area contributed by atoms with Gasteiger partial charge in [0.15, 0.2) is 0 Å². The molecule has 108 valence electrons. The van der Waals surface area contributed by atoms with Crippen molar-refractivity contribution in [3.63, 3.8) is 0 Å². The van der Waals surface area contributed by atoms with Gasteiger partial charge in [0.1, 0.15) is 0 Å². The molecule has 0 radical (unpaired) electrons. The number of ether oxygens (including phenoxy) is 1. The molecule has 1 aliphatic heterocycles. The Morgan fingerprint density at radius 1 is 1.53 bits per heavy atom. The van der Waals surface area contributed by atoms with Crippen molar-refractivity contribution in [1.82, 2.24) is 10.2 Å². The van der Waals surface area contributed by atoms with E-state index in [0.717, 1.165) is 12.8 Å². The van der Waals surface area contributed by atoms with E-state index in [0.29, 0.717) is 38.6 Å². The molecule has 1 unspecified atom stereocenters. The van der Waals surface area contributed by atoms with Crippen molar-refractivity contribution in [2.45, 2.75) is 25.4 Å². The first-order valence-electron chi connectivity index (χ1n) is 6.82. The van der Waals surface area contributed by atoms with Crippen LogP contribution in [-0.2, 0) is 14.3 Å². The van der Waals surface area contributed by atoms with Gasteiger partial charge in [-0.3, -0.25) is 9.59 Å². The van der Waals surface area contributed by atoms with Crippen LogP contribution >= 0.6 is 0 Å². The van der Waals surface area contributed by atoms with Gasteiger partial charge in [0.25, 0.3) is 0 Å². The summed E-state index contributed by atoms with van der Waals surface area (Å²) >= 11 is 0. The van der Waals surface area contributed by atoms with Gasteiger partial charge in [-0.25, -0.2) is 0 Å². The molecule has 0 spiro atoms. The first-order valence-corrected chi connectivity index (χ1v) is 6.82. The Balaban J connectivity index is 1.70. The molecule has 2 amide bonds. The van der Waals surface area contributed by atoms with E-state index in [4.69, 9.17) is 4.74 Å². The molecule has 1 heterocycles. The fraction of sp³-hybridized carbons (Fsp3) is 0.846. The number of methoxy groups -OCH3 is 1. The molecule has 0 bridgehead atoms. The molecule has 1 saturated heterocycles. The Morgan fingerprint density at radius 2 is 2.26 bits per heavy atom. The van der Waals surface area contributed by atoms with Gasteiger partial charge in [0.05, 0.1) is 18.6 Å². The third-order valence-electron chi connectivity index (χ3n) is 3.93. The summed E-state index contributed by atoms with van der Waals surface area (Å²) in [6, 6.07) is 0. The zero-order valence-corrected chi connectivity index (χ0v) is 11.3. The van der Waals surface area contributed by atoms with E-state index in [-0.39, 0.29) is 23.8 Å². The lowest BCUT2D eigenvalue weighted by molar-refractivity contribution is -0.129. The van der Waals surface area contributed by atoms with Crippen molar-refractivity contribution in [3.8, 4) is 0 Å². The Hall–Kier alpha value is -1.14. The third-order valence-corrected chi connectivity index (χ3v) is 3.93. The summed E-state index contributed by atoms with van der Waals surface area (Å²) in [5.41, 5.74) is 0. The second-order valence-corrected chi connectivity index (χ2v) is 5.47. The van der Waals surface area contributed by atoms with Crippen molar-refractivity contribution < 1.29 is 19.4 Å². The molecule has 2 N–H and O–H groups in total. The van der Waals surface area contributed by atoms with E-state index < -0.39 is 0 Å². The first-order chi connectivity index (χ1) is 9.10. The van der Waals surface area contributed by atoms with Crippen LogP contribution in [-0.4, -0.2) is 61.3 Å². The van der Waals surface area contributed by atoms with Crippen LogP contribution in [0.4, 0.5) is 0 Å². The number of likely N-dealkylation sites (tertiary alicyclic amines) is 1. The van der Waals surface area contributed by atoms with E-state index in [1.54, 1.807) is 12.0 Å². The van der Waals surface area contributed by atoms with E-state index >= 15 is 0 Å². The number of nitrogens with zero attached hydrogens (tertiary/aromatic N) is 1. The average Bonchev–Trinajstić information content (AvgIpc) is 2.72. The summed E-state index contributed by atoms with van der Waals surface area (Å²) < 4.78 is 4.94. The SMILES string of the molecule is COCCN1CC(C(=O)NCC2CC(O)C2)CC1=O. The molecule has 1 saturated carbocycles. The highest BCUT2D eigenvalue weighted by Gasteiger charge is 2.34. The number of nitrogens with one attached hydrogen (secondary N) is 1. The van der Waals surface area contributed by atoms with Crippen molar-refractivity contribution in [3.05, 3.63) is 0 Å². The molecule has 19 heavy (non-hydrogen) atoms. The maximum absolute atomic E-state index is 12.0. The smallest absolute Gasteiger partial charge is 0.225 e. The number of aliphatic hydroxyl groups is 1. The van der Waals surface area contributed by atoms with E-state index in [1.165, 1.54) is 0 Å². The van der Waals surface area contributed by atoms with Gasteiger partial charge in [-0.15, -0.1) is 0 Å². The number of amides is 2. The normalized spacial score (nSPS) is 30.3. The summed E-state index contributed by atoms with van der Waals surface area (Å²) in [6.07, 6.45) is 1.63. The molecule has 2 fully saturated rings.